The van der Waals surface area contributed by atoms with Gasteiger partial charge in [0.05, 0.1) is 6.04 Å². The summed E-state index contributed by atoms with van der Waals surface area (Å²) in [5.74, 6) is 2.81. The minimum absolute atomic E-state index is 0.00160. The van der Waals surface area contributed by atoms with Crippen LogP contribution in [0.4, 0.5) is 0 Å². The van der Waals surface area contributed by atoms with Crippen molar-refractivity contribution in [2.45, 2.75) is 10.9 Å². The summed E-state index contributed by atoms with van der Waals surface area (Å²) in [4.78, 5) is 12.9. The predicted molar refractivity (Wildman–Crippen MR) is 74.4 cm³/mol. The monoisotopic (exact) mass is 268 g/mol. The first-order chi connectivity index (χ1) is 8.36. The summed E-state index contributed by atoms with van der Waals surface area (Å²) in [6.45, 7) is 0.723. The van der Waals surface area contributed by atoms with E-state index >= 15 is 0 Å². The molecule has 0 aliphatic carbocycles. The van der Waals surface area contributed by atoms with E-state index in [0.29, 0.717) is 0 Å². The Hall–Kier alpha value is -0.650. The van der Waals surface area contributed by atoms with Crippen LogP contribution >= 0.6 is 23.5 Å². The van der Waals surface area contributed by atoms with Crippen molar-refractivity contribution in [1.82, 2.24) is 10.6 Å². The van der Waals surface area contributed by atoms with Gasteiger partial charge in [0.1, 0.15) is 0 Å². The van der Waals surface area contributed by atoms with Crippen molar-refractivity contribution < 1.29 is 4.79 Å². The van der Waals surface area contributed by atoms with Crippen LogP contribution in [0.2, 0.25) is 0 Å². The molecule has 5 heteroatoms. The highest BCUT2D eigenvalue weighted by atomic mass is 32.2. The first-order valence-corrected chi connectivity index (χ1v) is 7.77. The lowest BCUT2D eigenvalue weighted by Crippen LogP contribution is -2.42. The highest BCUT2D eigenvalue weighted by Crippen LogP contribution is 2.15. The van der Waals surface area contributed by atoms with Crippen LogP contribution in [0.5, 0.6) is 0 Å². The number of nitrogens with one attached hydrogen (secondary N) is 2. The second-order valence-corrected chi connectivity index (χ2v) is 5.92. The molecule has 1 amide bonds. The molecule has 0 radical (unpaired) electrons. The Morgan fingerprint density at radius 2 is 2.29 bits per heavy atom. The molecule has 3 nitrogen and oxygen atoms in total. The van der Waals surface area contributed by atoms with Gasteiger partial charge >= 0.3 is 0 Å². The quantitative estimate of drug-likeness (QED) is 0.628. The van der Waals surface area contributed by atoms with E-state index in [1.165, 1.54) is 4.90 Å². The minimum Gasteiger partial charge on any atom is -0.354 e. The Labute approximate surface area is 110 Å². The lowest BCUT2D eigenvalue weighted by Gasteiger charge is -2.10. The fourth-order valence-corrected chi connectivity index (χ4v) is 3.28. The molecule has 1 unspecified atom stereocenters. The van der Waals surface area contributed by atoms with Gasteiger partial charge in [-0.1, -0.05) is 18.2 Å². The van der Waals surface area contributed by atoms with E-state index in [2.05, 4.69) is 22.8 Å². The molecule has 1 heterocycles. The molecule has 1 fully saturated rings. The van der Waals surface area contributed by atoms with Crippen LogP contribution in [0.25, 0.3) is 0 Å². The van der Waals surface area contributed by atoms with Gasteiger partial charge in [0, 0.05) is 28.8 Å². The summed E-state index contributed by atoms with van der Waals surface area (Å²) in [6, 6.07) is 10.2. The fourth-order valence-electron chi connectivity index (χ4n) is 1.55. The van der Waals surface area contributed by atoms with Crippen LogP contribution in [-0.2, 0) is 4.79 Å². The van der Waals surface area contributed by atoms with E-state index in [4.69, 9.17) is 0 Å². The highest BCUT2D eigenvalue weighted by Gasteiger charge is 2.21. The molecular formula is C12H16N2OS2. The number of hydrogen-bond acceptors (Lipinski definition) is 4. The molecule has 1 aliphatic heterocycles. The minimum atomic E-state index is 0.00160. The summed E-state index contributed by atoms with van der Waals surface area (Å²) in [6.07, 6.45) is 0. The summed E-state index contributed by atoms with van der Waals surface area (Å²) >= 11 is 3.53. The second-order valence-electron chi connectivity index (χ2n) is 3.72. The molecular weight excluding hydrogens is 252 g/mol. The van der Waals surface area contributed by atoms with Crippen molar-refractivity contribution >= 4 is 29.4 Å². The lowest BCUT2D eigenvalue weighted by atomic mass is 10.3. The number of hydrogen-bond donors (Lipinski definition) is 2. The van der Waals surface area contributed by atoms with Gasteiger partial charge in [-0.05, 0) is 12.1 Å². The molecule has 1 atom stereocenters. The number of carbonyl (C=O) groups is 1. The van der Waals surface area contributed by atoms with Crippen LogP contribution in [0, 0.1) is 0 Å². The number of amides is 1. The maximum Gasteiger partial charge on any atom is 0.238 e. The van der Waals surface area contributed by atoms with E-state index in [0.717, 1.165) is 23.9 Å². The van der Waals surface area contributed by atoms with E-state index in [1.54, 1.807) is 23.5 Å². The highest BCUT2D eigenvalue weighted by molar-refractivity contribution is 7.99. The van der Waals surface area contributed by atoms with E-state index in [1.807, 2.05) is 18.2 Å². The van der Waals surface area contributed by atoms with Gasteiger partial charge in [-0.25, -0.2) is 0 Å². The van der Waals surface area contributed by atoms with Crippen molar-refractivity contribution in [3.63, 3.8) is 0 Å². The predicted octanol–water partition coefficient (Wildman–Crippen LogP) is 1.56. The molecule has 0 aromatic heterocycles. The van der Waals surface area contributed by atoms with E-state index < -0.39 is 0 Å². The molecule has 2 N–H and O–H groups in total. The van der Waals surface area contributed by atoms with Gasteiger partial charge in [0.2, 0.25) is 5.91 Å². The third-order valence-corrected chi connectivity index (χ3v) is 4.40. The van der Waals surface area contributed by atoms with Crippen LogP contribution in [0.1, 0.15) is 0 Å². The Morgan fingerprint density at radius 3 is 3.00 bits per heavy atom. The third kappa shape index (κ3) is 4.26. The summed E-state index contributed by atoms with van der Waals surface area (Å²) < 4.78 is 0. The van der Waals surface area contributed by atoms with Crippen molar-refractivity contribution in [2.24, 2.45) is 0 Å². The molecule has 1 saturated heterocycles. The molecule has 0 saturated carbocycles. The van der Waals surface area contributed by atoms with E-state index in [-0.39, 0.29) is 11.9 Å². The average molecular weight is 268 g/mol. The zero-order chi connectivity index (χ0) is 11.9. The normalized spacial score (nSPS) is 19.2. The molecule has 92 valence electrons. The van der Waals surface area contributed by atoms with Gasteiger partial charge in [-0.3, -0.25) is 10.1 Å². The molecule has 1 aliphatic rings. The largest absolute Gasteiger partial charge is 0.354 e. The van der Waals surface area contributed by atoms with Gasteiger partial charge in [0.15, 0.2) is 0 Å². The second kappa shape index (κ2) is 6.93. The van der Waals surface area contributed by atoms with Gasteiger partial charge in [0.25, 0.3) is 0 Å². The molecule has 1 aromatic carbocycles. The van der Waals surface area contributed by atoms with Crippen molar-refractivity contribution in [3.8, 4) is 0 Å². The van der Waals surface area contributed by atoms with E-state index in [9.17, 15) is 4.79 Å². The third-order valence-electron chi connectivity index (χ3n) is 2.45. The molecule has 2 rings (SSSR count). The number of carbonyl (C=O) groups excluding carboxylic acids is 1. The summed E-state index contributed by atoms with van der Waals surface area (Å²) in [5, 5.41) is 6.12. The van der Waals surface area contributed by atoms with Gasteiger partial charge in [-0.2, -0.15) is 0 Å². The molecule has 1 aromatic rings. The standard InChI is InChI=1S/C12H16N2OS2/c15-12(11-8-16-9-14-11)13-6-7-17-10-4-2-1-3-5-10/h1-5,11,14H,6-9H2,(H,13,15). The number of rotatable bonds is 5. The van der Waals surface area contributed by atoms with Crippen LogP contribution in [0.3, 0.4) is 0 Å². The zero-order valence-electron chi connectivity index (χ0n) is 9.52. The van der Waals surface area contributed by atoms with Gasteiger partial charge in [-0.15, -0.1) is 23.5 Å². The Bertz CT molecular complexity index is 353. The fraction of sp³-hybridized carbons (Fsp3) is 0.417. The van der Waals surface area contributed by atoms with Crippen LogP contribution in [-0.4, -0.2) is 35.9 Å². The Kier molecular flexibility index (Phi) is 5.22. The summed E-state index contributed by atoms with van der Waals surface area (Å²) in [5.41, 5.74) is 0. The maximum absolute atomic E-state index is 11.7. The summed E-state index contributed by atoms with van der Waals surface area (Å²) in [7, 11) is 0. The lowest BCUT2D eigenvalue weighted by molar-refractivity contribution is -0.122. The molecule has 0 spiro atoms. The van der Waals surface area contributed by atoms with Crippen molar-refractivity contribution in [1.29, 1.82) is 0 Å². The first kappa shape index (κ1) is 12.8. The number of benzene rings is 1. The van der Waals surface area contributed by atoms with Crippen molar-refractivity contribution in [3.05, 3.63) is 30.3 Å². The van der Waals surface area contributed by atoms with Crippen molar-refractivity contribution in [2.75, 3.05) is 23.9 Å². The Balaban J connectivity index is 1.61. The Morgan fingerprint density at radius 1 is 1.47 bits per heavy atom. The zero-order valence-corrected chi connectivity index (χ0v) is 11.2. The topological polar surface area (TPSA) is 41.1 Å². The smallest absolute Gasteiger partial charge is 0.238 e. The number of thioether (sulfide) groups is 2. The first-order valence-electron chi connectivity index (χ1n) is 5.63. The molecule has 0 bridgehead atoms. The van der Waals surface area contributed by atoms with Crippen LogP contribution < -0.4 is 10.6 Å². The maximum atomic E-state index is 11.7. The van der Waals surface area contributed by atoms with Crippen LogP contribution in [0.15, 0.2) is 35.2 Å². The average Bonchev–Trinajstić information content (AvgIpc) is 2.89. The van der Waals surface area contributed by atoms with Gasteiger partial charge < -0.3 is 5.32 Å². The molecule has 17 heavy (non-hydrogen) atoms. The SMILES string of the molecule is O=C(NCCSc1ccccc1)C1CSCN1.